The van der Waals surface area contributed by atoms with E-state index >= 15 is 0 Å². The van der Waals surface area contributed by atoms with E-state index in [1.807, 2.05) is 32.0 Å². The molecule has 0 aliphatic heterocycles. The monoisotopic (exact) mass is 376 g/mol. The smallest absolute Gasteiger partial charge is 0.243 e. The maximum absolute atomic E-state index is 12.4. The summed E-state index contributed by atoms with van der Waals surface area (Å²) in [5.74, 6) is 0.402. The van der Waals surface area contributed by atoms with Gasteiger partial charge in [-0.2, -0.15) is 4.31 Å². The number of nitrogens with zero attached hydrogens (tertiary/aromatic N) is 1. The summed E-state index contributed by atoms with van der Waals surface area (Å²) in [5.41, 5.74) is 2.20. The first-order chi connectivity index (χ1) is 12.3. The van der Waals surface area contributed by atoms with Gasteiger partial charge in [-0.1, -0.05) is 30.3 Å². The van der Waals surface area contributed by atoms with Crippen LogP contribution in [0, 0.1) is 13.8 Å². The molecular weight excluding hydrogens is 352 g/mol. The lowest BCUT2D eigenvalue weighted by Gasteiger charge is -2.17. The zero-order chi connectivity index (χ0) is 19.2. The second-order valence-electron chi connectivity index (χ2n) is 5.97. The Bertz CT molecular complexity index is 851. The largest absolute Gasteiger partial charge is 0.491 e. The maximum atomic E-state index is 12.4. The number of carbonyl (C=O) groups excluding carboxylic acids is 1. The second kappa shape index (κ2) is 8.82. The summed E-state index contributed by atoms with van der Waals surface area (Å²) in [6.45, 7) is 4.34. The Balaban J connectivity index is 1.81. The van der Waals surface area contributed by atoms with Gasteiger partial charge in [0, 0.05) is 7.05 Å². The van der Waals surface area contributed by atoms with Gasteiger partial charge in [0.25, 0.3) is 0 Å². The minimum absolute atomic E-state index is 0.161. The van der Waals surface area contributed by atoms with Gasteiger partial charge in [0.2, 0.25) is 15.9 Å². The molecule has 0 aromatic heterocycles. The minimum Gasteiger partial charge on any atom is -0.491 e. The van der Waals surface area contributed by atoms with E-state index in [9.17, 15) is 13.2 Å². The molecule has 2 aromatic rings. The highest BCUT2D eigenvalue weighted by Crippen LogP contribution is 2.20. The van der Waals surface area contributed by atoms with Gasteiger partial charge in [-0.25, -0.2) is 8.42 Å². The molecule has 0 radical (unpaired) electrons. The Kier molecular flexibility index (Phi) is 6.76. The van der Waals surface area contributed by atoms with Crippen molar-refractivity contribution in [2.45, 2.75) is 18.7 Å². The molecule has 0 saturated heterocycles. The molecule has 140 valence electrons. The van der Waals surface area contributed by atoms with E-state index in [1.165, 1.54) is 19.2 Å². The molecule has 0 spiro atoms. The lowest BCUT2D eigenvalue weighted by molar-refractivity contribution is -0.121. The van der Waals surface area contributed by atoms with Crippen molar-refractivity contribution in [2.24, 2.45) is 0 Å². The summed E-state index contributed by atoms with van der Waals surface area (Å²) in [6.07, 6.45) is 0. The van der Waals surface area contributed by atoms with Crippen LogP contribution in [0.1, 0.15) is 11.1 Å². The molecular formula is C19H24N2O4S. The third-order valence-electron chi connectivity index (χ3n) is 4.05. The molecule has 26 heavy (non-hydrogen) atoms. The average molecular weight is 376 g/mol. The molecule has 0 heterocycles. The van der Waals surface area contributed by atoms with E-state index in [4.69, 9.17) is 4.74 Å². The Hall–Kier alpha value is -2.38. The third kappa shape index (κ3) is 5.06. The van der Waals surface area contributed by atoms with Gasteiger partial charge in [-0.15, -0.1) is 0 Å². The summed E-state index contributed by atoms with van der Waals surface area (Å²) >= 11 is 0. The van der Waals surface area contributed by atoms with E-state index in [0.29, 0.717) is 13.2 Å². The summed E-state index contributed by atoms with van der Waals surface area (Å²) < 4.78 is 31.4. The predicted octanol–water partition coefficient (Wildman–Crippen LogP) is 2.12. The van der Waals surface area contributed by atoms with Crippen molar-refractivity contribution in [1.29, 1.82) is 0 Å². The minimum atomic E-state index is -3.68. The Labute approximate surface area is 154 Å². The van der Waals surface area contributed by atoms with E-state index in [-0.39, 0.29) is 17.3 Å². The van der Waals surface area contributed by atoms with Crippen LogP contribution in [-0.2, 0) is 14.8 Å². The molecule has 7 heteroatoms. The fourth-order valence-electron chi connectivity index (χ4n) is 2.35. The number of sulfonamides is 1. The predicted molar refractivity (Wildman–Crippen MR) is 101 cm³/mol. The van der Waals surface area contributed by atoms with E-state index in [1.54, 1.807) is 18.2 Å². The van der Waals surface area contributed by atoms with Gasteiger partial charge in [-0.3, -0.25) is 4.79 Å². The molecule has 0 saturated carbocycles. The van der Waals surface area contributed by atoms with Gasteiger partial charge in [0.15, 0.2) is 0 Å². The molecule has 0 unspecified atom stereocenters. The SMILES string of the molecule is Cc1cccc(OCCNC(=O)CN(C)S(=O)(=O)c2ccccc2)c1C. The zero-order valence-electron chi connectivity index (χ0n) is 15.2. The highest BCUT2D eigenvalue weighted by molar-refractivity contribution is 7.89. The van der Waals surface area contributed by atoms with Gasteiger partial charge < -0.3 is 10.1 Å². The zero-order valence-corrected chi connectivity index (χ0v) is 16.0. The molecule has 1 N–H and O–H groups in total. The fraction of sp³-hybridized carbons (Fsp3) is 0.316. The number of rotatable bonds is 8. The number of nitrogens with one attached hydrogen (secondary N) is 1. The van der Waals surface area contributed by atoms with Crippen molar-refractivity contribution >= 4 is 15.9 Å². The molecule has 0 bridgehead atoms. The van der Waals surface area contributed by atoms with Gasteiger partial charge in [-0.05, 0) is 43.2 Å². The summed E-state index contributed by atoms with van der Waals surface area (Å²) in [5, 5.41) is 2.67. The number of aryl methyl sites for hydroxylation is 1. The van der Waals surface area contributed by atoms with Crippen molar-refractivity contribution in [3.8, 4) is 5.75 Å². The van der Waals surface area contributed by atoms with Crippen molar-refractivity contribution in [3.05, 3.63) is 59.7 Å². The second-order valence-corrected chi connectivity index (χ2v) is 8.02. The van der Waals surface area contributed by atoms with Crippen molar-refractivity contribution in [3.63, 3.8) is 0 Å². The van der Waals surface area contributed by atoms with Crippen LogP contribution in [0.3, 0.4) is 0 Å². The normalized spacial score (nSPS) is 11.4. The van der Waals surface area contributed by atoms with Crippen molar-refractivity contribution in [1.82, 2.24) is 9.62 Å². The van der Waals surface area contributed by atoms with Crippen LogP contribution in [-0.4, -0.2) is 45.4 Å². The third-order valence-corrected chi connectivity index (χ3v) is 5.87. The number of hydrogen-bond donors (Lipinski definition) is 1. The highest BCUT2D eigenvalue weighted by Gasteiger charge is 2.22. The molecule has 0 fully saturated rings. The van der Waals surface area contributed by atoms with Crippen LogP contribution >= 0.6 is 0 Å². The lowest BCUT2D eigenvalue weighted by Crippen LogP contribution is -2.39. The topological polar surface area (TPSA) is 75.7 Å². The lowest BCUT2D eigenvalue weighted by atomic mass is 10.1. The molecule has 2 aromatic carbocycles. The Morgan fingerprint density at radius 2 is 1.77 bits per heavy atom. The summed E-state index contributed by atoms with van der Waals surface area (Å²) in [6, 6.07) is 13.8. The first-order valence-corrected chi connectivity index (χ1v) is 9.73. The first-order valence-electron chi connectivity index (χ1n) is 8.29. The molecule has 1 amide bonds. The Morgan fingerprint density at radius 3 is 2.46 bits per heavy atom. The van der Waals surface area contributed by atoms with Crippen molar-refractivity contribution in [2.75, 3.05) is 26.7 Å². The molecule has 0 aliphatic carbocycles. The first kappa shape index (κ1) is 19.9. The molecule has 2 rings (SSSR count). The van der Waals surface area contributed by atoms with Crippen LogP contribution < -0.4 is 10.1 Å². The van der Waals surface area contributed by atoms with Gasteiger partial charge in [0.1, 0.15) is 12.4 Å². The van der Waals surface area contributed by atoms with Crippen LogP contribution in [0.4, 0.5) is 0 Å². The Morgan fingerprint density at radius 1 is 1.08 bits per heavy atom. The maximum Gasteiger partial charge on any atom is 0.243 e. The van der Waals surface area contributed by atoms with Gasteiger partial charge >= 0.3 is 0 Å². The number of amides is 1. The van der Waals surface area contributed by atoms with Crippen LogP contribution in [0.2, 0.25) is 0 Å². The van der Waals surface area contributed by atoms with E-state index in [0.717, 1.165) is 21.2 Å². The number of benzene rings is 2. The number of likely N-dealkylation sites (N-methyl/N-ethyl adjacent to an activating group) is 1. The van der Waals surface area contributed by atoms with Crippen LogP contribution in [0.5, 0.6) is 5.75 Å². The number of carbonyl (C=O) groups is 1. The molecule has 6 nitrogen and oxygen atoms in total. The fourth-order valence-corrected chi connectivity index (χ4v) is 3.50. The average Bonchev–Trinajstić information content (AvgIpc) is 2.62. The van der Waals surface area contributed by atoms with E-state index < -0.39 is 10.0 Å². The van der Waals surface area contributed by atoms with Gasteiger partial charge in [0.05, 0.1) is 18.0 Å². The number of hydrogen-bond acceptors (Lipinski definition) is 4. The molecule has 0 atom stereocenters. The standard InChI is InChI=1S/C19H24N2O4S/c1-15-8-7-11-18(16(15)2)25-13-12-20-19(22)14-21(3)26(23,24)17-9-5-4-6-10-17/h4-11H,12-14H2,1-3H3,(H,20,22). The van der Waals surface area contributed by atoms with Crippen molar-refractivity contribution < 1.29 is 17.9 Å². The molecule has 0 aliphatic rings. The van der Waals surface area contributed by atoms with Crippen LogP contribution in [0.15, 0.2) is 53.4 Å². The quantitative estimate of drug-likeness (QED) is 0.716. The highest BCUT2D eigenvalue weighted by atomic mass is 32.2. The number of ether oxygens (including phenoxy) is 1. The summed E-state index contributed by atoms with van der Waals surface area (Å²) in [4.78, 5) is 12.2. The summed E-state index contributed by atoms with van der Waals surface area (Å²) in [7, 11) is -2.29. The van der Waals surface area contributed by atoms with E-state index in [2.05, 4.69) is 5.32 Å². The van der Waals surface area contributed by atoms with Crippen LogP contribution in [0.25, 0.3) is 0 Å².